The number of likely N-dealkylation sites (tertiary alicyclic amines) is 1. The van der Waals surface area contributed by atoms with Crippen LogP contribution in [0.5, 0.6) is 0 Å². The van der Waals surface area contributed by atoms with Crippen LogP contribution in [0.15, 0.2) is 15.7 Å². The highest BCUT2D eigenvalue weighted by Gasteiger charge is 2.29. The standard InChI is InChI=1S/C17H21N7O2/c1-9-7-11-15(19-17(26)16(25)18-11)14(10(9)2)12-5-3-4-6-24(12)8-13-20-22-23-21-13/h7,12H,3-6,8H2,1-2H3,(H,18,25)(H,19,26)(H,20,21,22,23). The Kier molecular flexibility index (Phi) is 4.15. The van der Waals surface area contributed by atoms with Gasteiger partial charge in [-0.3, -0.25) is 14.5 Å². The molecule has 0 bridgehead atoms. The van der Waals surface area contributed by atoms with Gasteiger partial charge in [0.05, 0.1) is 17.6 Å². The molecule has 1 aliphatic heterocycles. The van der Waals surface area contributed by atoms with Gasteiger partial charge in [0.1, 0.15) is 0 Å². The number of nitrogens with zero attached hydrogens (tertiary/aromatic N) is 4. The van der Waals surface area contributed by atoms with Crippen LogP contribution in [0.3, 0.4) is 0 Å². The van der Waals surface area contributed by atoms with Crippen LogP contribution in [0.1, 0.15) is 47.8 Å². The van der Waals surface area contributed by atoms with Crippen molar-refractivity contribution in [1.82, 2.24) is 35.5 Å². The summed E-state index contributed by atoms with van der Waals surface area (Å²) >= 11 is 0. The van der Waals surface area contributed by atoms with E-state index in [1.165, 1.54) is 0 Å². The van der Waals surface area contributed by atoms with E-state index in [9.17, 15) is 9.59 Å². The van der Waals surface area contributed by atoms with Crippen molar-refractivity contribution in [1.29, 1.82) is 0 Å². The Hall–Kier alpha value is -2.81. The lowest BCUT2D eigenvalue weighted by atomic mass is 9.89. The van der Waals surface area contributed by atoms with Gasteiger partial charge < -0.3 is 9.97 Å². The Bertz CT molecular complexity index is 1050. The van der Waals surface area contributed by atoms with E-state index in [4.69, 9.17) is 0 Å². The van der Waals surface area contributed by atoms with Gasteiger partial charge in [0, 0.05) is 6.04 Å². The summed E-state index contributed by atoms with van der Waals surface area (Å²) in [5.41, 5.74) is 3.41. The highest BCUT2D eigenvalue weighted by atomic mass is 16.2. The molecule has 1 aromatic carbocycles. The monoisotopic (exact) mass is 355 g/mol. The predicted octanol–water partition coefficient (Wildman–Crippen LogP) is 1.07. The minimum absolute atomic E-state index is 0.117. The average molecular weight is 355 g/mol. The fourth-order valence-electron chi connectivity index (χ4n) is 3.88. The SMILES string of the molecule is Cc1cc2[nH]c(=O)c(=O)[nH]c2c(C2CCCCN2Cc2nn[nH]n2)c1C. The van der Waals surface area contributed by atoms with Crippen molar-refractivity contribution in [3.63, 3.8) is 0 Å². The van der Waals surface area contributed by atoms with Crippen LogP contribution in [0.25, 0.3) is 11.0 Å². The second-order valence-electron chi connectivity index (χ2n) is 6.87. The number of rotatable bonds is 3. The van der Waals surface area contributed by atoms with Crippen molar-refractivity contribution in [2.45, 2.75) is 45.7 Å². The molecule has 3 aromatic rings. The number of aromatic amines is 3. The van der Waals surface area contributed by atoms with Crippen LogP contribution in [0, 0.1) is 13.8 Å². The number of hydrogen-bond donors (Lipinski definition) is 3. The maximum Gasteiger partial charge on any atom is 0.314 e. The molecule has 0 aliphatic carbocycles. The summed E-state index contributed by atoms with van der Waals surface area (Å²) in [7, 11) is 0. The normalized spacial score (nSPS) is 18.5. The van der Waals surface area contributed by atoms with Gasteiger partial charge in [-0.05, 0) is 56.0 Å². The fraction of sp³-hybridized carbons (Fsp3) is 0.471. The Labute approximate surface area is 148 Å². The molecule has 9 heteroatoms. The van der Waals surface area contributed by atoms with Crippen LogP contribution in [-0.2, 0) is 6.54 Å². The van der Waals surface area contributed by atoms with Crippen LogP contribution in [-0.4, -0.2) is 42.0 Å². The smallest absolute Gasteiger partial charge is 0.314 e. The molecule has 0 saturated carbocycles. The molecule has 1 aliphatic rings. The molecule has 1 saturated heterocycles. The van der Waals surface area contributed by atoms with Gasteiger partial charge in [0.15, 0.2) is 5.82 Å². The van der Waals surface area contributed by atoms with Crippen LogP contribution in [0.4, 0.5) is 0 Å². The van der Waals surface area contributed by atoms with Crippen molar-refractivity contribution >= 4 is 11.0 Å². The van der Waals surface area contributed by atoms with Crippen molar-refractivity contribution in [3.8, 4) is 0 Å². The first-order chi connectivity index (χ1) is 12.5. The Morgan fingerprint density at radius 2 is 2.00 bits per heavy atom. The molecule has 26 heavy (non-hydrogen) atoms. The fourth-order valence-corrected chi connectivity index (χ4v) is 3.88. The third kappa shape index (κ3) is 2.84. The summed E-state index contributed by atoms with van der Waals surface area (Å²) in [4.78, 5) is 31.5. The third-order valence-corrected chi connectivity index (χ3v) is 5.27. The van der Waals surface area contributed by atoms with Crippen molar-refractivity contribution in [2.24, 2.45) is 0 Å². The Balaban J connectivity index is 1.87. The van der Waals surface area contributed by atoms with E-state index in [1.807, 2.05) is 13.0 Å². The number of aryl methyl sites for hydroxylation is 1. The summed E-state index contributed by atoms with van der Waals surface area (Å²) in [6.07, 6.45) is 3.18. The van der Waals surface area contributed by atoms with E-state index >= 15 is 0 Å². The third-order valence-electron chi connectivity index (χ3n) is 5.27. The van der Waals surface area contributed by atoms with Crippen LogP contribution < -0.4 is 11.1 Å². The van der Waals surface area contributed by atoms with Crippen LogP contribution in [0.2, 0.25) is 0 Å². The summed E-state index contributed by atoms with van der Waals surface area (Å²) in [6, 6.07) is 2.03. The van der Waals surface area contributed by atoms with E-state index < -0.39 is 11.1 Å². The molecular formula is C17H21N7O2. The van der Waals surface area contributed by atoms with Gasteiger partial charge in [-0.2, -0.15) is 5.21 Å². The molecule has 3 N–H and O–H groups in total. The first kappa shape index (κ1) is 16.6. The lowest BCUT2D eigenvalue weighted by Gasteiger charge is -2.36. The highest BCUT2D eigenvalue weighted by molar-refractivity contribution is 5.80. The number of tetrazole rings is 1. The van der Waals surface area contributed by atoms with E-state index in [-0.39, 0.29) is 6.04 Å². The first-order valence-corrected chi connectivity index (χ1v) is 8.77. The molecule has 136 valence electrons. The predicted molar refractivity (Wildman–Crippen MR) is 95.8 cm³/mol. The lowest BCUT2D eigenvalue weighted by Crippen LogP contribution is -2.35. The number of benzene rings is 1. The number of H-pyrrole nitrogens is 3. The molecular weight excluding hydrogens is 334 g/mol. The molecule has 9 nitrogen and oxygen atoms in total. The van der Waals surface area contributed by atoms with E-state index in [1.54, 1.807) is 0 Å². The van der Waals surface area contributed by atoms with Gasteiger partial charge in [-0.15, -0.1) is 10.2 Å². The molecule has 3 heterocycles. The maximum absolute atomic E-state index is 12.0. The average Bonchev–Trinajstić information content (AvgIpc) is 3.12. The quantitative estimate of drug-likeness (QED) is 0.604. The van der Waals surface area contributed by atoms with Crippen LogP contribution >= 0.6 is 0 Å². The van der Waals surface area contributed by atoms with Gasteiger partial charge >= 0.3 is 11.1 Å². The maximum atomic E-state index is 12.0. The molecule has 0 spiro atoms. The van der Waals surface area contributed by atoms with Crippen molar-refractivity contribution in [3.05, 3.63) is 49.3 Å². The van der Waals surface area contributed by atoms with Gasteiger partial charge in [-0.25, -0.2) is 0 Å². The summed E-state index contributed by atoms with van der Waals surface area (Å²) in [5.74, 6) is 0.647. The van der Waals surface area contributed by atoms with Crippen molar-refractivity contribution in [2.75, 3.05) is 6.54 Å². The molecule has 1 unspecified atom stereocenters. The zero-order chi connectivity index (χ0) is 18.3. The second kappa shape index (κ2) is 6.49. The topological polar surface area (TPSA) is 123 Å². The summed E-state index contributed by atoms with van der Waals surface area (Å²) in [5, 5.41) is 14.3. The largest absolute Gasteiger partial charge is 0.316 e. The lowest BCUT2D eigenvalue weighted by molar-refractivity contribution is 0.137. The number of aromatic nitrogens is 6. The zero-order valence-electron chi connectivity index (χ0n) is 14.8. The summed E-state index contributed by atoms with van der Waals surface area (Å²) in [6.45, 7) is 5.59. The highest BCUT2D eigenvalue weighted by Crippen LogP contribution is 2.37. The molecule has 4 rings (SSSR count). The molecule has 1 atom stereocenters. The molecule has 0 amide bonds. The summed E-state index contributed by atoms with van der Waals surface area (Å²) < 4.78 is 0. The number of piperidine rings is 1. The molecule has 1 fully saturated rings. The molecule has 2 aromatic heterocycles. The first-order valence-electron chi connectivity index (χ1n) is 8.77. The number of hydrogen-bond acceptors (Lipinski definition) is 6. The number of nitrogens with one attached hydrogen (secondary N) is 3. The zero-order valence-corrected chi connectivity index (χ0v) is 14.8. The van der Waals surface area contributed by atoms with E-state index in [0.717, 1.165) is 42.5 Å². The number of fused-ring (bicyclic) bond motifs is 1. The van der Waals surface area contributed by atoms with Gasteiger partial charge in [0.25, 0.3) is 0 Å². The van der Waals surface area contributed by atoms with Crippen molar-refractivity contribution < 1.29 is 0 Å². The minimum Gasteiger partial charge on any atom is -0.316 e. The van der Waals surface area contributed by atoms with Gasteiger partial charge in [-0.1, -0.05) is 11.6 Å². The van der Waals surface area contributed by atoms with E-state index in [2.05, 4.69) is 42.4 Å². The minimum atomic E-state index is -0.626. The molecule has 0 radical (unpaired) electrons. The Morgan fingerprint density at radius 3 is 2.77 bits per heavy atom. The Morgan fingerprint density at radius 1 is 1.19 bits per heavy atom. The van der Waals surface area contributed by atoms with Gasteiger partial charge in [0.2, 0.25) is 0 Å². The second-order valence-corrected chi connectivity index (χ2v) is 6.87. The van der Waals surface area contributed by atoms with E-state index in [0.29, 0.717) is 23.4 Å².